The summed E-state index contributed by atoms with van der Waals surface area (Å²) < 4.78 is 5.43. The SMILES string of the molecule is CCCC(C)CC(O)C(OC)c1ccccc1. The number of aliphatic hydroxyl groups excluding tert-OH is 1. The lowest BCUT2D eigenvalue weighted by Crippen LogP contribution is -2.22. The molecule has 0 heterocycles. The van der Waals surface area contributed by atoms with E-state index >= 15 is 0 Å². The van der Waals surface area contributed by atoms with Gasteiger partial charge in [-0.05, 0) is 17.9 Å². The Balaban J connectivity index is 2.61. The van der Waals surface area contributed by atoms with Gasteiger partial charge in [0.2, 0.25) is 0 Å². The van der Waals surface area contributed by atoms with Crippen LogP contribution in [0.25, 0.3) is 0 Å². The fourth-order valence-electron chi connectivity index (χ4n) is 2.30. The van der Waals surface area contributed by atoms with Gasteiger partial charge in [0.05, 0.1) is 6.10 Å². The van der Waals surface area contributed by atoms with E-state index in [1.807, 2.05) is 30.3 Å². The van der Waals surface area contributed by atoms with E-state index in [0.29, 0.717) is 5.92 Å². The Morgan fingerprint density at radius 2 is 1.88 bits per heavy atom. The summed E-state index contributed by atoms with van der Waals surface area (Å²) in [6, 6.07) is 9.93. The summed E-state index contributed by atoms with van der Waals surface area (Å²) in [6.45, 7) is 4.36. The average Bonchev–Trinajstić information content (AvgIpc) is 2.31. The van der Waals surface area contributed by atoms with Crippen molar-refractivity contribution in [3.8, 4) is 0 Å². The topological polar surface area (TPSA) is 29.5 Å². The molecule has 0 aromatic heterocycles. The monoisotopic (exact) mass is 236 g/mol. The summed E-state index contributed by atoms with van der Waals surface area (Å²) in [4.78, 5) is 0. The highest BCUT2D eigenvalue weighted by atomic mass is 16.5. The molecule has 0 spiro atoms. The first kappa shape index (κ1) is 14.2. The number of benzene rings is 1. The van der Waals surface area contributed by atoms with Crippen molar-refractivity contribution in [2.75, 3.05) is 7.11 Å². The Bertz CT molecular complexity index is 297. The van der Waals surface area contributed by atoms with Crippen molar-refractivity contribution < 1.29 is 9.84 Å². The highest BCUT2D eigenvalue weighted by molar-refractivity contribution is 5.18. The number of hydrogen-bond donors (Lipinski definition) is 1. The third-order valence-corrected chi connectivity index (χ3v) is 3.16. The van der Waals surface area contributed by atoms with E-state index in [4.69, 9.17) is 4.74 Å². The maximum absolute atomic E-state index is 10.2. The van der Waals surface area contributed by atoms with Gasteiger partial charge in [-0.3, -0.25) is 0 Å². The zero-order valence-electron chi connectivity index (χ0n) is 11.1. The first-order valence-electron chi connectivity index (χ1n) is 6.44. The second kappa shape index (κ2) is 7.46. The van der Waals surface area contributed by atoms with Crippen LogP contribution in [0.15, 0.2) is 30.3 Å². The van der Waals surface area contributed by atoms with Gasteiger partial charge in [-0.25, -0.2) is 0 Å². The van der Waals surface area contributed by atoms with Crippen LogP contribution in [0, 0.1) is 5.92 Å². The van der Waals surface area contributed by atoms with Crippen LogP contribution in [0.1, 0.15) is 44.8 Å². The highest BCUT2D eigenvalue weighted by Gasteiger charge is 2.22. The van der Waals surface area contributed by atoms with Crippen LogP contribution in [-0.4, -0.2) is 18.3 Å². The average molecular weight is 236 g/mol. The molecule has 17 heavy (non-hydrogen) atoms. The molecule has 2 heteroatoms. The second-order valence-corrected chi connectivity index (χ2v) is 4.76. The summed E-state index contributed by atoms with van der Waals surface area (Å²) in [6.07, 6.45) is 2.47. The van der Waals surface area contributed by atoms with Gasteiger partial charge in [-0.2, -0.15) is 0 Å². The summed E-state index contributed by atoms with van der Waals surface area (Å²) in [7, 11) is 1.66. The first-order valence-corrected chi connectivity index (χ1v) is 6.44. The van der Waals surface area contributed by atoms with Crippen molar-refractivity contribution in [1.29, 1.82) is 0 Å². The molecule has 0 bridgehead atoms. The van der Waals surface area contributed by atoms with Gasteiger partial charge in [0.15, 0.2) is 0 Å². The number of ether oxygens (including phenoxy) is 1. The molecule has 0 radical (unpaired) electrons. The van der Waals surface area contributed by atoms with Gasteiger partial charge in [0.1, 0.15) is 6.10 Å². The molecular weight excluding hydrogens is 212 g/mol. The van der Waals surface area contributed by atoms with Crippen LogP contribution < -0.4 is 0 Å². The van der Waals surface area contributed by atoms with Crippen LogP contribution in [-0.2, 0) is 4.74 Å². The predicted molar refractivity (Wildman–Crippen MR) is 70.9 cm³/mol. The molecule has 3 unspecified atom stereocenters. The molecule has 2 nitrogen and oxygen atoms in total. The molecule has 0 saturated carbocycles. The van der Waals surface area contributed by atoms with Gasteiger partial charge in [0.25, 0.3) is 0 Å². The van der Waals surface area contributed by atoms with Crippen LogP contribution in [0.3, 0.4) is 0 Å². The quantitative estimate of drug-likeness (QED) is 0.784. The minimum atomic E-state index is -0.427. The molecule has 0 aliphatic carbocycles. The molecule has 0 aliphatic heterocycles. The zero-order chi connectivity index (χ0) is 12.7. The molecule has 0 aliphatic rings. The molecule has 1 rings (SSSR count). The molecular formula is C15H24O2. The molecule has 1 N–H and O–H groups in total. The molecule has 0 fully saturated rings. The van der Waals surface area contributed by atoms with Crippen molar-refractivity contribution in [2.45, 2.75) is 45.3 Å². The fourth-order valence-corrected chi connectivity index (χ4v) is 2.30. The van der Waals surface area contributed by atoms with Crippen LogP contribution in [0.4, 0.5) is 0 Å². The molecule has 96 valence electrons. The Labute approximate surface area is 105 Å². The lowest BCUT2D eigenvalue weighted by molar-refractivity contribution is -0.0242. The van der Waals surface area contributed by atoms with Gasteiger partial charge < -0.3 is 9.84 Å². The third-order valence-electron chi connectivity index (χ3n) is 3.16. The third kappa shape index (κ3) is 4.49. The second-order valence-electron chi connectivity index (χ2n) is 4.76. The Kier molecular flexibility index (Phi) is 6.23. The molecule has 1 aromatic carbocycles. The maximum Gasteiger partial charge on any atom is 0.108 e. The number of rotatable bonds is 7. The van der Waals surface area contributed by atoms with Gasteiger partial charge >= 0.3 is 0 Å². The van der Waals surface area contributed by atoms with Gasteiger partial charge in [0, 0.05) is 7.11 Å². The van der Waals surface area contributed by atoms with Crippen molar-refractivity contribution in [1.82, 2.24) is 0 Å². The van der Waals surface area contributed by atoms with Crippen LogP contribution in [0.2, 0.25) is 0 Å². The summed E-state index contributed by atoms with van der Waals surface area (Å²) in [5.41, 5.74) is 1.05. The smallest absolute Gasteiger partial charge is 0.108 e. The normalized spacial score (nSPS) is 16.5. The molecule has 0 saturated heterocycles. The minimum Gasteiger partial charge on any atom is -0.390 e. The van der Waals surface area contributed by atoms with Crippen molar-refractivity contribution in [3.05, 3.63) is 35.9 Å². The van der Waals surface area contributed by atoms with E-state index in [9.17, 15) is 5.11 Å². The summed E-state index contributed by atoms with van der Waals surface area (Å²) in [5.74, 6) is 0.538. The summed E-state index contributed by atoms with van der Waals surface area (Å²) >= 11 is 0. The van der Waals surface area contributed by atoms with E-state index in [-0.39, 0.29) is 6.10 Å². The van der Waals surface area contributed by atoms with Crippen LogP contribution in [0.5, 0.6) is 0 Å². The number of aliphatic hydroxyl groups is 1. The Morgan fingerprint density at radius 3 is 2.41 bits per heavy atom. The lowest BCUT2D eigenvalue weighted by Gasteiger charge is -2.24. The van der Waals surface area contributed by atoms with Crippen molar-refractivity contribution >= 4 is 0 Å². The predicted octanol–water partition coefficient (Wildman–Crippen LogP) is 3.56. The zero-order valence-corrected chi connectivity index (χ0v) is 11.1. The van der Waals surface area contributed by atoms with E-state index in [1.165, 1.54) is 0 Å². The van der Waals surface area contributed by atoms with E-state index in [2.05, 4.69) is 13.8 Å². The Hall–Kier alpha value is -0.860. The standard InChI is InChI=1S/C15H24O2/c1-4-8-12(2)11-14(16)15(17-3)13-9-6-5-7-10-13/h5-7,9-10,12,14-16H,4,8,11H2,1-3H3. The lowest BCUT2D eigenvalue weighted by atomic mass is 9.93. The minimum absolute atomic E-state index is 0.212. The largest absolute Gasteiger partial charge is 0.390 e. The molecule has 0 amide bonds. The Morgan fingerprint density at radius 1 is 1.24 bits per heavy atom. The molecule has 3 atom stereocenters. The van der Waals surface area contributed by atoms with Crippen LogP contribution >= 0.6 is 0 Å². The van der Waals surface area contributed by atoms with Crippen molar-refractivity contribution in [2.24, 2.45) is 5.92 Å². The summed E-state index contributed by atoms with van der Waals surface area (Å²) in [5, 5.41) is 10.2. The van der Waals surface area contributed by atoms with Crippen molar-refractivity contribution in [3.63, 3.8) is 0 Å². The van der Waals surface area contributed by atoms with Gasteiger partial charge in [-0.1, -0.05) is 57.0 Å². The molecule has 1 aromatic rings. The number of hydrogen-bond acceptors (Lipinski definition) is 2. The first-order chi connectivity index (χ1) is 8.19. The van der Waals surface area contributed by atoms with E-state index in [1.54, 1.807) is 7.11 Å². The maximum atomic E-state index is 10.2. The highest BCUT2D eigenvalue weighted by Crippen LogP contribution is 2.25. The van der Waals surface area contributed by atoms with E-state index in [0.717, 1.165) is 24.8 Å². The van der Waals surface area contributed by atoms with E-state index < -0.39 is 6.10 Å². The van der Waals surface area contributed by atoms with Gasteiger partial charge in [-0.15, -0.1) is 0 Å². The fraction of sp³-hybridized carbons (Fsp3) is 0.600. The number of methoxy groups -OCH3 is 1.